The molecule has 1 unspecified atom stereocenters. The highest BCUT2D eigenvalue weighted by Gasteiger charge is 2.40. The van der Waals surface area contributed by atoms with Gasteiger partial charge in [0.15, 0.2) is 0 Å². The molecule has 1 aliphatic rings. The molecule has 15 heavy (non-hydrogen) atoms. The molecule has 0 saturated carbocycles. The molecule has 0 spiro atoms. The number of rotatable bonds is 4. The summed E-state index contributed by atoms with van der Waals surface area (Å²) in [5.41, 5.74) is -0.0146. The van der Waals surface area contributed by atoms with Crippen LogP contribution in [0.2, 0.25) is 0 Å². The zero-order valence-electron chi connectivity index (χ0n) is 9.28. The maximum absolute atomic E-state index is 10.9. The van der Waals surface area contributed by atoms with Gasteiger partial charge in [-0.3, -0.25) is 0 Å². The van der Waals surface area contributed by atoms with Crippen molar-refractivity contribution in [3.05, 3.63) is 12.2 Å². The molecule has 0 aliphatic carbocycles. The van der Waals surface area contributed by atoms with Gasteiger partial charge in [-0.25, -0.2) is 4.79 Å². The van der Waals surface area contributed by atoms with Gasteiger partial charge in [0.2, 0.25) is 0 Å². The minimum Gasteiger partial charge on any atom is -0.478 e. The zero-order valence-corrected chi connectivity index (χ0v) is 9.28. The van der Waals surface area contributed by atoms with Gasteiger partial charge in [-0.05, 0) is 12.3 Å². The highest BCUT2D eigenvalue weighted by molar-refractivity contribution is 5.86. The Morgan fingerprint density at radius 2 is 2.07 bits per heavy atom. The molecule has 0 radical (unpaired) electrons. The Morgan fingerprint density at radius 3 is 2.47 bits per heavy atom. The highest BCUT2D eigenvalue weighted by atomic mass is 16.7. The fraction of sp³-hybridized carbons (Fsp3) is 0.727. The van der Waals surface area contributed by atoms with E-state index in [0.29, 0.717) is 20.0 Å². The predicted octanol–water partition coefficient (Wildman–Crippen LogP) is 1.66. The smallest absolute Gasteiger partial charge is 0.331 e. The first-order chi connectivity index (χ1) is 7.03. The largest absolute Gasteiger partial charge is 0.478 e. The van der Waals surface area contributed by atoms with Crippen LogP contribution < -0.4 is 0 Å². The first kappa shape index (κ1) is 12.2. The van der Waals surface area contributed by atoms with Crippen LogP contribution in [0.3, 0.4) is 0 Å². The summed E-state index contributed by atoms with van der Waals surface area (Å²) in [5, 5.41) is 8.91. The van der Waals surface area contributed by atoms with E-state index >= 15 is 0 Å². The molecule has 1 aliphatic heterocycles. The number of ether oxygens (including phenoxy) is 2. The summed E-state index contributed by atoms with van der Waals surface area (Å²) in [6.45, 7) is 8.88. The lowest BCUT2D eigenvalue weighted by atomic mass is 9.72. The molecule has 1 rings (SSSR count). The lowest BCUT2D eigenvalue weighted by Gasteiger charge is -2.40. The van der Waals surface area contributed by atoms with Crippen LogP contribution in [0, 0.1) is 11.3 Å². The van der Waals surface area contributed by atoms with Gasteiger partial charge in [-0.15, -0.1) is 0 Å². The molecule has 1 N–H and O–H groups in total. The molecule has 0 bridgehead atoms. The molecule has 0 aromatic rings. The summed E-state index contributed by atoms with van der Waals surface area (Å²) in [5.74, 6) is -1.08. The topological polar surface area (TPSA) is 55.8 Å². The molecule has 0 amide bonds. The van der Waals surface area contributed by atoms with E-state index in [2.05, 4.69) is 6.58 Å². The standard InChI is InChI=1S/C11H18O4/c1-4-11(5-14-7-15-6-11)9(3)8(2)10(12)13/h9H,2,4-7H2,1,3H3,(H,12,13). The highest BCUT2D eigenvalue weighted by Crippen LogP contribution is 2.38. The van der Waals surface area contributed by atoms with Crippen molar-refractivity contribution in [1.82, 2.24) is 0 Å². The third kappa shape index (κ3) is 2.38. The van der Waals surface area contributed by atoms with Crippen molar-refractivity contribution < 1.29 is 19.4 Å². The third-order valence-corrected chi connectivity index (χ3v) is 3.37. The lowest BCUT2D eigenvalue weighted by Crippen LogP contribution is -2.43. The summed E-state index contributed by atoms with van der Waals surface area (Å²) in [7, 11) is 0. The minimum atomic E-state index is -0.944. The van der Waals surface area contributed by atoms with E-state index in [1.807, 2.05) is 13.8 Å². The van der Waals surface area contributed by atoms with Crippen LogP contribution in [0.25, 0.3) is 0 Å². The van der Waals surface area contributed by atoms with Crippen LogP contribution in [-0.4, -0.2) is 31.1 Å². The van der Waals surface area contributed by atoms with E-state index in [0.717, 1.165) is 6.42 Å². The van der Waals surface area contributed by atoms with Crippen LogP contribution in [0.5, 0.6) is 0 Å². The van der Waals surface area contributed by atoms with Gasteiger partial charge in [0.1, 0.15) is 6.79 Å². The van der Waals surface area contributed by atoms with E-state index in [-0.39, 0.29) is 16.9 Å². The monoisotopic (exact) mass is 214 g/mol. The molecule has 0 aromatic carbocycles. The van der Waals surface area contributed by atoms with Crippen LogP contribution in [0.4, 0.5) is 0 Å². The van der Waals surface area contributed by atoms with E-state index in [4.69, 9.17) is 14.6 Å². The van der Waals surface area contributed by atoms with Crippen molar-refractivity contribution in [3.63, 3.8) is 0 Å². The Bertz CT molecular complexity index is 253. The lowest BCUT2D eigenvalue weighted by molar-refractivity contribution is -0.178. The number of hydrogen-bond donors (Lipinski definition) is 1. The zero-order chi connectivity index (χ0) is 11.5. The number of carbonyl (C=O) groups is 1. The Kier molecular flexibility index (Phi) is 3.88. The predicted molar refractivity (Wildman–Crippen MR) is 55.4 cm³/mol. The van der Waals surface area contributed by atoms with Gasteiger partial charge in [-0.1, -0.05) is 20.4 Å². The van der Waals surface area contributed by atoms with E-state index in [1.54, 1.807) is 0 Å². The average molecular weight is 214 g/mol. The van der Waals surface area contributed by atoms with E-state index in [1.165, 1.54) is 0 Å². The van der Waals surface area contributed by atoms with Gasteiger partial charge < -0.3 is 14.6 Å². The van der Waals surface area contributed by atoms with Gasteiger partial charge in [0.25, 0.3) is 0 Å². The first-order valence-electron chi connectivity index (χ1n) is 5.11. The molecule has 0 aromatic heterocycles. The summed E-state index contributed by atoms with van der Waals surface area (Å²) in [6, 6.07) is 0. The molecular formula is C11H18O4. The van der Waals surface area contributed by atoms with Gasteiger partial charge in [-0.2, -0.15) is 0 Å². The fourth-order valence-electron chi connectivity index (χ4n) is 1.91. The summed E-state index contributed by atoms with van der Waals surface area (Å²) < 4.78 is 10.5. The van der Waals surface area contributed by atoms with Crippen molar-refractivity contribution in [2.45, 2.75) is 20.3 Å². The van der Waals surface area contributed by atoms with E-state index < -0.39 is 5.97 Å². The Labute approximate surface area is 89.9 Å². The molecule has 1 fully saturated rings. The van der Waals surface area contributed by atoms with Gasteiger partial charge >= 0.3 is 5.97 Å². The van der Waals surface area contributed by atoms with Crippen molar-refractivity contribution >= 4 is 5.97 Å². The number of aliphatic carboxylic acids is 1. The molecule has 1 heterocycles. The van der Waals surface area contributed by atoms with Crippen LogP contribution >= 0.6 is 0 Å². The summed E-state index contributed by atoms with van der Waals surface area (Å²) in [4.78, 5) is 10.9. The summed E-state index contributed by atoms with van der Waals surface area (Å²) in [6.07, 6.45) is 0.820. The van der Waals surface area contributed by atoms with E-state index in [9.17, 15) is 4.79 Å². The van der Waals surface area contributed by atoms with Crippen LogP contribution in [0.15, 0.2) is 12.2 Å². The van der Waals surface area contributed by atoms with Crippen LogP contribution in [0.1, 0.15) is 20.3 Å². The molecule has 1 saturated heterocycles. The van der Waals surface area contributed by atoms with Crippen molar-refractivity contribution in [3.8, 4) is 0 Å². The fourth-order valence-corrected chi connectivity index (χ4v) is 1.91. The number of carboxylic acid groups (broad SMARTS) is 1. The molecule has 4 nitrogen and oxygen atoms in total. The summed E-state index contributed by atoms with van der Waals surface area (Å²) >= 11 is 0. The SMILES string of the molecule is C=C(C(=O)O)C(C)C1(CC)COCOC1. The first-order valence-corrected chi connectivity index (χ1v) is 5.11. The maximum Gasteiger partial charge on any atom is 0.331 e. The third-order valence-electron chi connectivity index (χ3n) is 3.37. The van der Waals surface area contributed by atoms with Gasteiger partial charge in [0.05, 0.1) is 13.2 Å². The second kappa shape index (κ2) is 4.77. The normalized spacial score (nSPS) is 22.0. The number of carboxylic acids is 1. The van der Waals surface area contributed by atoms with Gasteiger partial charge in [0, 0.05) is 11.0 Å². The number of hydrogen-bond acceptors (Lipinski definition) is 3. The van der Waals surface area contributed by atoms with Crippen molar-refractivity contribution in [1.29, 1.82) is 0 Å². The molecular weight excluding hydrogens is 196 g/mol. The Balaban J connectivity index is 2.80. The quantitative estimate of drug-likeness (QED) is 0.723. The molecule has 4 heteroatoms. The molecule has 86 valence electrons. The Hall–Kier alpha value is -0.870. The van der Waals surface area contributed by atoms with Crippen molar-refractivity contribution in [2.24, 2.45) is 11.3 Å². The minimum absolute atomic E-state index is 0.139. The average Bonchev–Trinajstić information content (AvgIpc) is 2.27. The molecule has 1 atom stereocenters. The second-order valence-corrected chi connectivity index (χ2v) is 4.08. The maximum atomic E-state index is 10.9. The second-order valence-electron chi connectivity index (χ2n) is 4.08. The Morgan fingerprint density at radius 1 is 1.53 bits per heavy atom. The van der Waals surface area contributed by atoms with Crippen LogP contribution in [-0.2, 0) is 14.3 Å². The van der Waals surface area contributed by atoms with Crippen molar-refractivity contribution in [2.75, 3.05) is 20.0 Å².